The van der Waals surface area contributed by atoms with Gasteiger partial charge in [0.2, 0.25) is 0 Å². The molecule has 0 saturated heterocycles. The van der Waals surface area contributed by atoms with Crippen LogP contribution >= 0.6 is 15.9 Å². The van der Waals surface area contributed by atoms with E-state index in [4.69, 9.17) is 9.47 Å². The summed E-state index contributed by atoms with van der Waals surface area (Å²) in [4.78, 5) is 35.2. The van der Waals surface area contributed by atoms with Crippen molar-refractivity contribution in [3.05, 3.63) is 98.0 Å². The van der Waals surface area contributed by atoms with Gasteiger partial charge in [-0.3, -0.25) is 14.9 Å². The fraction of sp³-hybridized carbons (Fsp3) is 0.0870. The number of rotatable bonds is 8. The second-order valence-corrected chi connectivity index (χ2v) is 7.56. The van der Waals surface area contributed by atoms with Gasteiger partial charge in [0, 0.05) is 17.7 Å². The molecule has 0 saturated carbocycles. The van der Waals surface area contributed by atoms with Crippen LogP contribution in [-0.2, 0) is 4.79 Å². The molecule has 168 valence electrons. The number of benzene rings is 3. The molecular formula is C23H18BrN3O6. The van der Waals surface area contributed by atoms with Crippen molar-refractivity contribution in [3.63, 3.8) is 0 Å². The third kappa shape index (κ3) is 6.47. The number of non-ortho nitro benzene ring substituents is 1. The molecule has 0 atom stereocenters. The highest BCUT2D eigenvalue weighted by Gasteiger charge is 2.19. The van der Waals surface area contributed by atoms with Crippen molar-refractivity contribution in [3.8, 4) is 11.5 Å². The van der Waals surface area contributed by atoms with Gasteiger partial charge in [0.15, 0.2) is 12.4 Å². The fourth-order valence-corrected chi connectivity index (χ4v) is 3.25. The van der Waals surface area contributed by atoms with Crippen LogP contribution in [0.4, 0.5) is 5.69 Å². The van der Waals surface area contributed by atoms with Gasteiger partial charge in [0.25, 0.3) is 11.6 Å². The number of nitrogens with one attached hydrogen (secondary N) is 1. The number of nitrogens with zero attached hydrogens (tertiary/aromatic N) is 2. The minimum atomic E-state index is -0.657. The summed E-state index contributed by atoms with van der Waals surface area (Å²) in [6.07, 6.45) is 1.15. The molecule has 0 heterocycles. The molecule has 0 radical (unpaired) electrons. The molecule has 3 aromatic carbocycles. The summed E-state index contributed by atoms with van der Waals surface area (Å²) in [5.41, 5.74) is 3.31. The van der Waals surface area contributed by atoms with Crippen molar-refractivity contribution >= 4 is 39.7 Å². The lowest BCUT2D eigenvalue weighted by atomic mass is 10.2. The Bertz CT molecular complexity index is 1210. The molecule has 3 aromatic rings. The van der Waals surface area contributed by atoms with E-state index in [2.05, 4.69) is 26.5 Å². The number of hydrogen-bond donors (Lipinski definition) is 1. The van der Waals surface area contributed by atoms with Gasteiger partial charge in [-0.1, -0.05) is 36.4 Å². The van der Waals surface area contributed by atoms with Gasteiger partial charge in [0.1, 0.15) is 5.75 Å². The van der Waals surface area contributed by atoms with E-state index in [9.17, 15) is 19.7 Å². The number of ether oxygens (including phenoxy) is 2. The van der Waals surface area contributed by atoms with Crippen molar-refractivity contribution in [1.29, 1.82) is 0 Å². The second kappa shape index (κ2) is 11.0. The van der Waals surface area contributed by atoms with Crippen LogP contribution in [0.2, 0.25) is 0 Å². The maximum Gasteiger partial charge on any atom is 0.343 e. The highest BCUT2D eigenvalue weighted by Crippen LogP contribution is 2.33. The van der Waals surface area contributed by atoms with E-state index in [1.54, 1.807) is 42.5 Å². The highest BCUT2D eigenvalue weighted by molar-refractivity contribution is 9.10. The molecular weight excluding hydrogens is 494 g/mol. The average Bonchev–Trinajstić information content (AvgIpc) is 2.80. The van der Waals surface area contributed by atoms with Gasteiger partial charge >= 0.3 is 5.97 Å². The van der Waals surface area contributed by atoms with E-state index in [1.807, 2.05) is 19.1 Å². The topological polar surface area (TPSA) is 120 Å². The Morgan fingerprint density at radius 3 is 2.52 bits per heavy atom. The Balaban J connectivity index is 1.75. The predicted molar refractivity (Wildman–Crippen MR) is 125 cm³/mol. The lowest BCUT2D eigenvalue weighted by Gasteiger charge is -2.10. The first-order valence-corrected chi connectivity index (χ1v) is 10.4. The highest BCUT2D eigenvalue weighted by atomic mass is 79.9. The zero-order valence-electron chi connectivity index (χ0n) is 17.4. The van der Waals surface area contributed by atoms with Crippen molar-refractivity contribution in [1.82, 2.24) is 5.43 Å². The zero-order valence-corrected chi connectivity index (χ0v) is 18.9. The summed E-state index contributed by atoms with van der Waals surface area (Å²) >= 11 is 3.20. The number of nitro groups is 1. The van der Waals surface area contributed by atoms with Gasteiger partial charge in [-0.25, -0.2) is 10.2 Å². The third-order valence-electron chi connectivity index (χ3n) is 4.32. The number of hydrogen-bond acceptors (Lipinski definition) is 7. The van der Waals surface area contributed by atoms with E-state index in [-0.39, 0.29) is 28.1 Å². The van der Waals surface area contributed by atoms with E-state index in [0.717, 1.165) is 11.8 Å². The summed E-state index contributed by atoms with van der Waals surface area (Å²) < 4.78 is 11.1. The van der Waals surface area contributed by atoms with E-state index < -0.39 is 16.8 Å². The minimum absolute atomic E-state index is 0.0172. The number of esters is 1. The molecule has 1 N–H and O–H groups in total. The van der Waals surface area contributed by atoms with Gasteiger partial charge in [0.05, 0.1) is 21.2 Å². The van der Waals surface area contributed by atoms with Gasteiger partial charge in [-0.05, 0) is 46.6 Å². The molecule has 9 nitrogen and oxygen atoms in total. The monoisotopic (exact) mass is 511 g/mol. The Morgan fingerprint density at radius 2 is 1.82 bits per heavy atom. The van der Waals surface area contributed by atoms with Crippen molar-refractivity contribution in [2.24, 2.45) is 5.10 Å². The first kappa shape index (κ1) is 23.6. The molecule has 33 heavy (non-hydrogen) atoms. The first-order valence-electron chi connectivity index (χ1n) is 9.60. The molecule has 0 bridgehead atoms. The summed E-state index contributed by atoms with van der Waals surface area (Å²) in [7, 11) is 0. The molecule has 3 rings (SSSR count). The number of para-hydroxylation sites is 1. The van der Waals surface area contributed by atoms with Crippen LogP contribution in [0.15, 0.2) is 76.3 Å². The Morgan fingerprint density at radius 1 is 1.12 bits per heavy atom. The van der Waals surface area contributed by atoms with Crippen LogP contribution in [0, 0.1) is 17.0 Å². The van der Waals surface area contributed by atoms with Crippen LogP contribution in [-0.4, -0.2) is 29.6 Å². The smallest absolute Gasteiger partial charge is 0.343 e. The number of carbonyl (C=O) groups is 2. The van der Waals surface area contributed by atoms with Gasteiger partial charge < -0.3 is 9.47 Å². The Kier molecular flexibility index (Phi) is 7.87. The SMILES string of the molecule is Cc1ccccc1OCC(=O)NN=Cc1cc([N+](=O)[O-])cc(Br)c1OC(=O)c1ccccc1. The second-order valence-electron chi connectivity index (χ2n) is 6.71. The number of halogens is 1. The zero-order chi connectivity index (χ0) is 23.8. The lowest BCUT2D eigenvalue weighted by Crippen LogP contribution is -2.24. The van der Waals surface area contributed by atoms with E-state index in [0.29, 0.717) is 11.3 Å². The lowest BCUT2D eigenvalue weighted by molar-refractivity contribution is -0.385. The van der Waals surface area contributed by atoms with Crippen LogP contribution in [0.25, 0.3) is 0 Å². The third-order valence-corrected chi connectivity index (χ3v) is 4.91. The number of carbonyl (C=O) groups excluding carboxylic acids is 2. The van der Waals surface area contributed by atoms with E-state index in [1.165, 1.54) is 12.1 Å². The molecule has 0 aliphatic heterocycles. The van der Waals surface area contributed by atoms with Gasteiger partial charge in [-0.2, -0.15) is 5.10 Å². The molecule has 0 spiro atoms. The Hall–Kier alpha value is -4.05. The average molecular weight is 512 g/mol. The standard InChI is InChI=1S/C23H18BrN3O6/c1-15-7-5-6-10-20(15)32-14-21(28)26-25-13-17-11-18(27(30)31)12-19(24)22(17)33-23(29)16-8-3-2-4-9-16/h2-13H,14H2,1H3,(H,26,28). The number of amides is 1. The van der Waals surface area contributed by atoms with E-state index >= 15 is 0 Å². The predicted octanol–water partition coefficient (Wildman–Crippen LogP) is 4.41. The Labute approximate surface area is 197 Å². The van der Waals surface area contributed by atoms with Crippen LogP contribution < -0.4 is 14.9 Å². The van der Waals surface area contributed by atoms with Gasteiger partial charge in [-0.15, -0.1) is 0 Å². The van der Waals surface area contributed by atoms with Crippen LogP contribution in [0.5, 0.6) is 11.5 Å². The normalized spacial score (nSPS) is 10.6. The molecule has 0 aliphatic rings. The molecule has 0 fully saturated rings. The summed E-state index contributed by atoms with van der Waals surface area (Å²) in [5, 5.41) is 15.1. The van der Waals surface area contributed by atoms with Crippen molar-refractivity contribution in [2.45, 2.75) is 6.92 Å². The summed E-state index contributed by atoms with van der Waals surface area (Å²) in [6.45, 7) is 1.57. The number of nitro benzene ring substituents is 1. The van der Waals surface area contributed by atoms with Crippen molar-refractivity contribution < 1.29 is 24.0 Å². The quantitative estimate of drug-likeness (QED) is 0.157. The van der Waals surface area contributed by atoms with Crippen LogP contribution in [0.3, 0.4) is 0 Å². The number of aryl methyl sites for hydroxylation is 1. The molecule has 0 unspecified atom stereocenters. The molecule has 10 heteroatoms. The summed E-state index contributed by atoms with van der Waals surface area (Å²) in [6, 6.07) is 17.9. The maximum atomic E-state index is 12.5. The fourth-order valence-electron chi connectivity index (χ4n) is 2.70. The molecule has 0 aliphatic carbocycles. The molecule has 1 amide bonds. The maximum absolute atomic E-state index is 12.5. The van der Waals surface area contributed by atoms with Crippen molar-refractivity contribution in [2.75, 3.05) is 6.61 Å². The minimum Gasteiger partial charge on any atom is -0.483 e. The first-order chi connectivity index (χ1) is 15.8. The molecule has 0 aromatic heterocycles. The number of hydrazone groups is 1. The largest absolute Gasteiger partial charge is 0.483 e. The summed E-state index contributed by atoms with van der Waals surface area (Å²) in [5.74, 6) is -0.615. The van der Waals surface area contributed by atoms with Crippen LogP contribution in [0.1, 0.15) is 21.5 Å².